The molecule has 0 aliphatic rings. The van der Waals surface area contributed by atoms with E-state index in [0.29, 0.717) is 35.7 Å². The highest BCUT2D eigenvalue weighted by Gasteiger charge is 2.09. The Morgan fingerprint density at radius 1 is 0.966 bits per heavy atom. The first-order valence-electron chi connectivity index (χ1n) is 9.47. The zero-order chi connectivity index (χ0) is 20.5. The van der Waals surface area contributed by atoms with Gasteiger partial charge in [0, 0.05) is 41.3 Å². The van der Waals surface area contributed by atoms with E-state index in [2.05, 4.69) is 15.6 Å². The quantitative estimate of drug-likeness (QED) is 0.588. The Balaban J connectivity index is 1.62. The van der Waals surface area contributed by atoms with Crippen molar-refractivity contribution in [1.29, 1.82) is 0 Å². The number of hydrogen-bond acceptors (Lipinski definition) is 4. The molecule has 2 amide bonds. The Morgan fingerprint density at radius 2 is 1.76 bits per heavy atom. The highest BCUT2D eigenvalue weighted by atomic mass is 16.5. The predicted molar refractivity (Wildman–Crippen MR) is 113 cm³/mol. The number of aromatic nitrogens is 1. The third-order valence-electron chi connectivity index (χ3n) is 4.11. The first-order valence-corrected chi connectivity index (χ1v) is 9.47. The molecule has 0 aliphatic heterocycles. The third kappa shape index (κ3) is 6.17. The summed E-state index contributed by atoms with van der Waals surface area (Å²) in [5.74, 6) is 0.297. The van der Waals surface area contributed by atoms with E-state index in [1.54, 1.807) is 60.9 Å². The van der Waals surface area contributed by atoms with Crippen molar-refractivity contribution in [3.63, 3.8) is 0 Å². The number of benzene rings is 2. The van der Waals surface area contributed by atoms with E-state index in [1.165, 1.54) is 0 Å². The molecule has 0 fully saturated rings. The molecule has 6 heteroatoms. The van der Waals surface area contributed by atoms with Gasteiger partial charge in [-0.2, -0.15) is 0 Å². The Hall–Kier alpha value is -3.67. The largest absolute Gasteiger partial charge is 0.489 e. The average Bonchev–Trinajstić information content (AvgIpc) is 2.73. The summed E-state index contributed by atoms with van der Waals surface area (Å²) >= 11 is 0. The van der Waals surface area contributed by atoms with Crippen LogP contribution in [0, 0.1) is 0 Å². The molecule has 2 aromatic carbocycles. The van der Waals surface area contributed by atoms with Crippen LogP contribution in [-0.2, 0) is 11.4 Å². The van der Waals surface area contributed by atoms with Crippen molar-refractivity contribution in [1.82, 2.24) is 4.98 Å². The minimum absolute atomic E-state index is 0.0468. The van der Waals surface area contributed by atoms with Crippen molar-refractivity contribution < 1.29 is 14.3 Å². The number of carbonyl (C=O) groups is 2. The number of nitrogens with zero attached hydrogens (tertiary/aromatic N) is 1. The molecular weight excluding hydrogens is 366 g/mol. The second kappa shape index (κ2) is 10.0. The van der Waals surface area contributed by atoms with Crippen molar-refractivity contribution in [2.75, 3.05) is 10.6 Å². The summed E-state index contributed by atoms with van der Waals surface area (Å²) < 4.78 is 5.75. The molecule has 0 saturated heterocycles. The molecule has 1 heterocycles. The maximum Gasteiger partial charge on any atom is 0.255 e. The van der Waals surface area contributed by atoms with Gasteiger partial charge in [0.1, 0.15) is 12.4 Å². The van der Waals surface area contributed by atoms with Gasteiger partial charge in [-0.1, -0.05) is 25.1 Å². The molecular formula is C23H23N3O3. The van der Waals surface area contributed by atoms with Gasteiger partial charge in [0.15, 0.2) is 0 Å². The summed E-state index contributed by atoms with van der Waals surface area (Å²) in [6.07, 6.45) is 4.69. The number of anilines is 2. The minimum Gasteiger partial charge on any atom is -0.489 e. The molecule has 0 saturated carbocycles. The lowest BCUT2D eigenvalue weighted by atomic mass is 10.2. The van der Waals surface area contributed by atoms with Crippen molar-refractivity contribution in [2.24, 2.45) is 0 Å². The van der Waals surface area contributed by atoms with Gasteiger partial charge >= 0.3 is 0 Å². The van der Waals surface area contributed by atoms with E-state index >= 15 is 0 Å². The summed E-state index contributed by atoms with van der Waals surface area (Å²) in [7, 11) is 0. The van der Waals surface area contributed by atoms with Gasteiger partial charge in [0.05, 0.1) is 0 Å². The number of carbonyl (C=O) groups excluding carboxylic acids is 2. The Labute approximate surface area is 169 Å². The van der Waals surface area contributed by atoms with E-state index in [4.69, 9.17) is 4.74 Å². The second-order valence-electron chi connectivity index (χ2n) is 6.51. The topological polar surface area (TPSA) is 80.3 Å². The predicted octanol–water partition coefficient (Wildman–Crippen LogP) is 4.65. The first-order chi connectivity index (χ1) is 14.1. The summed E-state index contributed by atoms with van der Waals surface area (Å²) in [4.78, 5) is 28.4. The average molecular weight is 389 g/mol. The van der Waals surface area contributed by atoms with Crippen LogP contribution in [-0.4, -0.2) is 16.8 Å². The van der Waals surface area contributed by atoms with Crippen LogP contribution in [0.25, 0.3) is 0 Å². The Kier molecular flexibility index (Phi) is 6.95. The fraction of sp³-hybridized carbons (Fsp3) is 0.174. The molecule has 1 aromatic heterocycles. The van der Waals surface area contributed by atoms with Gasteiger partial charge in [-0.05, 0) is 48.9 Å². The molecule has 0 spiro atoms. The van der Waals surface area contributed by atoms with Crippen LogP contribution in [0.5, 0.6) is 5.75 Å². The van der Waals surface area contributed by atoms with E-state index in [9.17, 15) is 9.59 Å². The van der Waals surface area contributed by atoms with Gasteiger partial charge in [-0.3, -0.25) is 14.6 Å². The molecule has 3 rings (SSSR count). The molecule has 29 heavy (non-hydrogen) atoms. The van der Waals surface area contributed by atoms with Crippen LogP contribution in [0.2, 0.25) is 0 Å². The maximum atomic E-state index is 12.6. The number of rotatable bonds is 8. The lowest BCUT2D eigenvalue weighted by Gasteiger charge is -2.10. The zero-order valence-corrected chi connectivity index (χ0v) is 16.2. The number of nitrogens with one attached hydrogen (secondary N) is 2. The molecule has 0 unspecified atom stereocenters. The Bertz CT molecular complexity index is 974. The van der Waals surface area contributed by atoms with Gasteiger partial charge in [-0.25, -0.2) is 0 Å². The first kappa shape index (κ1) is 20.1. The van der Waals surface area contributed by atoms with Crippen LogP contribution >= 0.6 is 0 Å². The molecule has 0 atom stereocenters. The van der Waals surface area contributed by atoms with Gasteiger partial charge in [0.2, 0.25) is 5.91 Å². The number of hydrogen-bond donors (Lipinski definition) is 2. The fourth-order valence-corrected chi connectivity index (χ4v) is 2.71. The van der Waals surface area contributed by atoms with Crippen LogP contribution in [0.15, 0.2) is 73.1 Å². The lowest BCUT2D eigenvalue weighted by Crippen LogP contribution is -2.13. The van der Waals surface area contributed by atoms with E-state index < -0.39 is 0 Å². The van der Waals surface area contributed by atoms with E-state index in [1.807, 2.05) is 19.1 Å². The normalized spacial score (nSPS) is 10.2. The summed E-state index contributed by atoms with van der Waals surface area (Å²) in [5, 5.41) is 5.67. The minimum atomic E-state index is -0.256. The van der Waals surface area contributed by atoms with Crippen LogP contribution in [0.3, 0.4) is 0 Å². The van der Waals surface area contributed by atoms with Crippen LogP contribution < -0.4 is 15.4 Å². The highest BCUT2D eigenvalue weighted by Crippen LogP contribution is 2.19. The Morgan fingerprint density at radius 3 is 2.52 bits per heavy atom. The molecule has 3 aromatic rings. The highest BCUT2D eigenvalue weighted by molar-refractivity contribution is 6.05. The number of pyridine rings is 1. The molecule has 0 radical (unpaired) electrons. The van der Waals surface area contributed by atoms with Crippen molar-refractivity contribution in [2.45, 2.75) is 26.4 Å². The number of amides is 2. The molecule has 2 N–H and O–H groups in total. The van der Waals surface area contributed by atoms with Gasteiger partial charge < -0.3 is 15.4 Å². The van der Waals surface area contributed by atoms with E-state index in [-0.39, 0.29) is 11.8 Å². The van der Waals surface area contributed by atoms with Crippen LogP contribution in [0.4, 0.5) is 11.4 Å². The van der Waals surface area contributed by atoms with Gasteiger partial charge in [-0.15, -0.1) is 0 Å². The molecule has 0 bridgehead atoms. The summed E-state index contributed by atoms with van der Waals surface area (Å²) in [6.45, 7) is 2.32. The van der Waals surface area contributed by atoms with Crippen molar-refractivity contribution in [3.8, 4) is 5.75 Å². The summed E-state index contributed by atoms with van der Waals surface area (Å²) in [6, 6.07) is 17.8. The van der Waals surface area contributed by atoms with E-state index in [0.717, 1.165) is 12.0 Å². The third-order valence-corrected chi connectivity index (χ3v) is 4.11. The molecule has 0 aliphatic carbocycles. The standard InChI is InChI=1S/C23H23N3O3/c1-2-6-22(27)25-19-9-4-10-20(14-19)26-23(28)18-8-3-11-21(13-18)29-16-17-7-5-12-24-15-17/h3-5,7-15H,2,6,16H2,1H3,(H,25,27)(H,26,28). The van der Waals surface area contributed by atoms with Gasteiger partial charge in [0.25, 0.3) is 5.91 Å². The number of ether oxygens (including phenoxy) is 1. The smallest absolute Gasteiger partial charge is 0.255 e. The second-order valence-corrected chi connectivity index (χ2v) is 6.51. The summed E-state index contributed by atoms with van der Waals surface area (Å²) in [5.41, 5.74) is 2.68. The van der Waals surface area contributed by atoms with Crippen molar-refractivity contribution >= 4 is 23.2 Å². The monoisotopic (exact) mass is 389 g/mol. The van der Waals surface area contributed by atoms with Crippen LogP contribution in [0.1, 0.15) is 35.7 Å². The zero-order valence-electron chi connectivity index (χ0n) is 16.2. The maximum absolute atomic E-state index is 12.6. The van der Waals surface area contributed by atoms with Crippen molar-refractivity contribution in [3.05, 3.63) is 84.2 Å². The SMILES string of the molecule is CCCC(=O)Nc1cccc(NC(=O)c2cccc(OCc3cccnc3)c2)c1. The molecule has 6 nitrogen and oxygen atoms in total. The fourth-order valence-electron chi connectivity index (χ4n) is 2.71. The molecule has 148 valence electrons. The lowest BCUT2D eigenvalue weighted by molar-refractivity contribution is -0.116.